The number of hydrogen-bond acceptors (Lipinski definition) is 3. The molecule has 1 N–H and O–H groups in total. The normalized spacial score (nSPS) is 10.7. The summed E-state index contributed by atoms with van der Waals surface area (Å²) in [5.41, 5.74) is 5.38. The van der Waals surface area contributed by atoms with Crippen LogP contribution in [-0.2, 0) is 6.42 Å². The topological polar surface area (TPSA) is 29.9 Å². The zero-order chi connectivity index (χ0) is 12.3. The predicted molar refractivity (Wildman–Crippen MR) is 74.5 cm³/mol. The summed E-state index contributed by atoms with van der Waals surface area (Å²) in [4.78, 5) is 4.40. The Balaban J connectivity index is 2.71. The molecule has 0 aliphatic heterocycles. The lowest BCUT2D eigenvalue weighted by Gasteiger charge is -2.14. The van der Waals surface area contributed by atoms with E-state index in [2.05, 4.69) is 36.4 Å². The Morgan fingerprint density at radius 1 is 1.41 bits per heavy atom. The number of fused-ring (bicyclic) bond motifs is 1. The zero-order valence-electron chi connectivity index (χ0n) is 10.2. The van der Waals surface area contributed by atoms with Gasteiger partial charge in [-0.15, -0.1) is 0 Å². The molecular formula is C13H17N3S. The van der Waals surface area contributed by atoms with Gasteiger partial charge in [-0.2, -0.15) is 0 Å². The Kier molecular flexibility index (Phi) is 3.74. The molecule has 17 heavy (non-hydrogen) atoms. The lowest BCUT2D eigenvalue weighted by Crippen LogP contribution is -2.18. The van der Waals surface area contributed by atoms with E-state index in [0.29, 0.717) is 0 Å². The van der Waals surface area contributed by atoms with Crippen LogP contribution < -0.4 is 5.43 Å². The maximum atomic E-state index is 5.51. The highest BCUT2D eigenvalue weighted by Crippen LogP contribution is 2.16. The smallest absolute Gasteiger partial charge is 0.159 e. The van der Waals surface area contributed by atoms with Crippen molar-refractivity contribution in [3.63, 3.8) is 0 Å². The van der Waals surface area contributed by atoms with Gasteiger partial charge in [-0.05, 0) is 37.1 Å². The number of hydrogen-bond donors (Lipinski definition) is 1. The van der Waals surface area contributed by atoms with Gasteiger partial charge in [-0.3, -0.25) is 0 Å². The largest absolute Gasteiger partial charge is 0.323 e. The Hall–Kier alpha value is -1.42. The quantitative estimate of drug-likeness (QED) is 0.841. The van der Waals surface area contributed by atoms with Crippen LogP contribution in [-0.4, -0.2) is 16.2 Å². The van der Waals surface area contributed by atoms with E-state index in [-0.39, 0.29) is 0 Å². The average molecular weight is 247 g/mol. The van der Waals surface area contributed by atoms with Crippen molar-refractivity contribution in [3.05, 3.63) is 34.6 Å². The molecular weight excluding hydrogens is 230 g/mol. The van der Waals surface area contributed by atoms with Crippen molar-refractivity contribution < 1.29 is 0 Å². The van der Waals surface area contributed by atoms with Crippen molar-refractivity contribution in [1.82, 2.24) is 9.66 Å². The minimum Gasteiger partial charge on any atom is -0.323 e. The number of rotatable bonds is 4. The fraction of sp³-hybridized carbons (Fsp3) is 0.385. The molecule has 0 saturated heterocycles. The molecule has 4 heteroatoms. The van der Waals surface area contributed by atoms with Gasteiger partial charge >= 0.3 is 0 Å². The van der Waals surface area contributed by atoms with Crippen molar-refractivity contribution in [2.75, 3.05) is 12.0 Å². The molecule has 2 aromatic rings. The van der Waals surface area contributed by atoms with Crippen LogP contribution in [0, 0.1) is 4.64 Å². The molecule has 0 spiro atoms. The van der Waals surface area contributed by atoms with Crippen LogP contribution in [0.5, 0.6) is 0 Å². The van der Waals surface area contributed by atoms with Gasteiger partial charge in [0.1, 0.15) is 4.64 Å². The number of aryl methyl sites for hydroxylation is 1. The molecule has 90 valence electrons. The molecule has 0 unspecified atom stereocenters. The lowest BCUT2D eigenvalue weighted by atomic mass is 10.1. The van der Waals surface area contributed by atoms with Gasteiger partial charge in [0, 0.05) is 18.1 Å². The van der Waals surface area contributed by atoms with E-state index in [0.717, 1.165) is 35.1 Å². The van der Waals surface area contributed by atoms with Gasteiger partial charge in [-0.1, -0.05) is 25.6 Å². The first-order chi connectivity index (χ1) is 8.27. The van der Waals surface area contributed by atoms with Crippen molar-refractivity contribution >= 4 is 23.3 Å². The SMILES string of the molecule is CCCc1cc2cccnc2n(NCC)c1=S. The second-order valence-electron chi connectivity index (χ2n) is 3.99. The highest BCUT2D eigenvalue weighted by Gasteiger charge is 2.05. The summed E-state index contributed by atoms with van der Waals surface area (Å²) in [5.74, 6) is 0. The first-order valence-corrected chi connectivity index (χ1v) is 6.42. The molecule has 3 nitrogen and oxygen atoms in total. The number of pyridine rings is 2. The minimum atomic E-state index is 0.829. The molecule has 0 amide bonds. The van der Waals surface area contributed by atoms with E-state index >= 15 is 0 Å². The van der Waals surface area contributed by atoms with E-state index in [9.17, 15) is 0 Å². The summed E-state index contributed by atoms with van der Waals surface area (Å²) in [6.07, 6.45) is 3.90. The van der Waals surface area contributed by atoms with Crippen molar-refractivity contribution in [2.24, 2.45) is 0 Å². The summed E-state index contributed by atoms with van der Waals surface area (Å²) in [6.45, 7) is 5.05. The lowest BCUT2D eigenvalue weighted by molar-refractivity contribution is 0.831. The monoisotopic (exact) mass is 247 g/mol. The van der Waals surface area contributed by atoms with E-state index in [1.165, 1.54) is 5.56 Å². The highest BCUT2D eigenvalue weighted by molar-refractivity contribution is 7.71. The van der Waals surface area contributed by atoms with E-state index in [1.54, 1.807) is 6.20 Å². The molecule has 0 radical (unpaired) electrons. The maximum Gasteiger partial charge on any atom is 0.159 e. The first kappa shape index (κ1) is 12.0. The molecule has 0 aromatic carbocycles. The molecule has 2 aromatic heterocycles. The molecule has 0 aliphatic carbocycles. The van der Waals surface area contributed by atoms with Gasteiger partial charge in [0.2, 0.25) is 0 Å². The fourth-order valence-electron chi connectivity index (χ4n) is 1.95. The standard InChI is InChI=1S/C13H17N3S/c1-3-6-11-9-10-7-5-8-14-12(10)16(13(11)17)15-4-2/h5,7-9,15H,3-4,6H2,1-2H3. The zero-order valence-corrected chi connectivity index (χ0v) is 11.0. The van der Waals surface area contributed by atoms with Crippen molar-refractivity contribution in [3.8, 4) is 0 Å². The van der Waals surface area contributed by atoms with Crippen LogP contribution in [0.1, 0.15) is 25.8 Å². The van der Waals surface area contributed by atoms with Crippen LogP contribution in [0.25, 0.3) is 11.0 Å². The Bertz CT molecular complexity index is 574. The average Bonchev–Trinajstić information content (AvgIpc) is 2.35. The van der Waals surface area contributed by atoms with Gasteiger partial charge < -0.3 is 5.43 Å². The van der Waals surface area contributed by atoms with E-state index in [4.69, 9.17) is 12.2 Å². The molecule has 0 aliphatic rings. The maximum absolute atomic E-state index is 5.51. The molecule has 0 saturated carbocycles. The third-order valence-electron chi connectivity index (χ3n) is 2.67. The first-order valence-electron chi connectivity index (χ1n) is 6.01. The second kappa shape index (κ2) is 5.27. The molecule has 0 atom stereocenters. The van der Waals surface area contributed by atoms with Crippen LogP contribution in [0.4, 0.5) is 0 Å². The third kappa shape index (κ3) is 2.31. The Morgan fingerprint density at radius 3 is 2.94 bits per heavy atom. The van der Waals surface area contributed by atoms with Gasteiger partial charge in [-0.25, -0.2) is 9.66 Å². The molecule has 2 rings (SSSR count). The minimum absolute atomic E-state index is 0.829. The van der Waals surface area contributed by atoms with Gasteiger partial charge in [0.25, 0.3) is 0 Å². The van der Waals surface area contributed by atoms with Crippen molar-refractivity contribution in [2.45, 2.75) is 26.7 Å². The number of nitrogens with zero attached hydrogens (tertiary/aromatic N) is 2. The molecule has 0 bridgehead atoms. The molecule has 2 heterocycles. The van der Waals surface area contributed by atoms with Gasteiger partial charge in [0.15, 0.2) is 5.65 Å². The van der Waals surface area contributed by atoms with Crippen LogP contribution in [0.2, 0.25) is 0 Å². The van der Waals surface area contributed by atoms with Gasteiger partial charge in [0.05, 0.1) is 0 Å². The summed E-state index contributed by atoms with van der Waals surface area (Å²) in [6, 6.07) is 6.18. The van der Waals surface area contributed by atoms with Crippen LogP contribution in [0.15, 0.2) is 24.4 Å². The van der Waals surface area contributed by atoms with Crippen LogP contribution >= 0.6 is 12.2 Å². The Morgan fingerprint density at radius 2 is 2.24 bits per heavy atom. The summed E-state index contributed by atoms with van der Waals surface area (Å²) >= 11 is 5.51. The second-order valence-corrected chi connectivity index (χ2v) is 4.37. The molecule has 0 fully saturated rings. The number of nitrogens with one attached hydrogen (secondary N) is 1. The third-order valence-corrected chi connectivity index (χ3v) is 3.12. The van der Waals surface area contributed by atoms with Crippen LogP contribution in [0.3, 0.4) is 0 Å². The summed E-state index contributed by atoms with van der Waals surface area (Å²) in [5, 5.41) is 1.13. The predicted octanol–water partition coefficient (Wildman–Crippen LogP) is 3.28. The van der Waals surface area contributed by atoms with E-state index < -0.39 is 0 Å². The highest BCUT2D eigenvalue weighted by atomic mass is 32.1. The van der Waals surface area contributed by atoms with E-state index in [1.807, 2.05) is 10.7 Å². The summed E-state index contributed by atoms with van der Waals surface area (Å²) in [7, 11) is 0. The van der Waals surface area contributed by atoms with Crippen molar-refractivity contribution in [1.29, 1.82) is 0 Å². The fourth-order valence-corrected chi connectivity index (χ4v) is 2.26. The number of aromatic nitrogens is 2. The summed E-state index contributed by atoms with van der Waals surface area (Å²) < 4.78 is 2.77. The Labute approximate surface area is 106 Å².